The molecule has 2 heterocycles. The summed E-state index contributed by atoms with van der Waals surface area (Å²) in [5.74, 6) is 2.30. The third-order valence-corrected chi connectivity index (χ3v) is 3.36. The van der Waals surface area contributed by atoms with E-state index < -0.39 is 0 Å². The number of hydrogen-bond acceptors (Lipinski definition) is 5. The Morgan fingerprint density at radius 1 is 1.33 bits per heavy atom. The minimum atomic E-state index is -0.212. The van der Waals surface area contributed by atoms with Crippen LogP contribution in [0.1, 0.15) is 46.4 Å². The van der Waals surface area contributed by atoms with Crippen LogP contribution in [0.25, 0.3) is 0 Å². The number of anilines is 2. The number of aromatic nitrogens is 2. The van der Waals surface area contributed by atoms with E-state index in [1.807, 2.05) is 13.0 Å². The summed E-state index contributed by atoms with van der Waals surface area (Å²) in [6.45, 7) is 9.82. The van der Waals surface area contributed by atoms with Crippen LogP contribution in [0.5, 0.6) is 0 Å². The van der Waals surface area contributed by atoms with Crippen LogP contribution in [0.3, 0.4) is 0 Å². The zero-order valence-electron chi connectivity index (χ0n) is 13.3. The van der Waals surface area contributed by atoms with E-state index in [9.17, 15) is 4.79 Å². The van der Waals surface area contributed by atoms with Crippen LogP contribution in [-0.2, 0) is 10.2 Å². The predicted molar refractivity (Wildman–Crippen MR) is 84.6 cm³/mol. The number of nitrogens with zero attached hydrogens (tertiary/aromatic N) is 2. The normalized spacial score (nSPS) is 19.0. The SMILES string of the molecule is CCNc1cc(NC2CCCNC2=O)nc(C(C)(C)C)n1. The summed E-state index contributed by atoms with van der Waals surface area (Å²) < 4.78 is 0. The van der Waals surface area contributed by atoms with Crippen LogP contribution in [0.2, 0.25) is 0 Å². The van der Waals surface area contributed by atoms with Gasteiger partial charge in [0.25, 0.3) is 0 Å². The van der Waals surface area contributed by atoms with E-state index >= 15 is 0 Å². The first-order valence-electron chi connectivity index (χ1n) is 7.58. The second kappa shape index (κ2) is 6.28. The molecule has 3 N–H and O–H groups in total. The van der Waals surface area contributed by atoms with Crippen molar-refractivity contribution in [1.29, 1.82) is 0 Å². The molecule has 2 rings (SSSR count). The molecule has 0 aliphatic carbocycles. The molecule has 6 heteroatoms. The Kier molecular flexibility index (Phi) is 4.65. The van der Waals surface area contributed by atoms with E-state index in [1.165, 1.54) is 0 Å². The zero-order valence-corrected chi connectivity index (χ0v) is 13.3. The first-order chi connectivity index (χ1) is 9.90. The summed E-state index contributed by atoms with van der Waals surface area (Å²) in [4.78, 5) is 21.0. The van der Waals surface area contributed by atoms with Crippen molar-refractivity contribution < 1.29 is 4.79 Å². The molecular formula is C15H25N5O. The summed E-state index contributed by atoms with van der Waals surface area (Å²) in [6, 6.07) is 1.65. The van der Waals surface area contributed by atoms with E-state index in [1.54, 1.807) is 0 Å². The second-order valence-electron chi connectivity index (χ2n) is 6.37. The first-order valence-corrected chi connectivity index (χ1v) is 7.58. The molecule has 0 bridgehead atoms. The molecule has 1 atom stereocenters. The number of carbonyl (C=O) groups excluding carboxylic acids is 1. The summed E-state index contributed by atoms with van der Waals surface area (Å²) in [5.41, 5.74) is -0.142. The van der Waals surface area contributed by atoms with Crippen LogP contribution in [0.4, 0.5) is 11.6 Å². The van der Waals surface area contributed by atoms with Gasteiger partial charge in [-0.3, -0.25) is 4.79 Å². The molecule has 21 heavy (non-hydrogen) atoms. The molecule has 1 aromatic rings. The highest BCUT2D eigenvalue weighted by Gasteiger charge is 2.24. The van der Waals surface area contributed by atoms with E-state index in [4.69, 9.17) is 0 Å². The van der Waals surface area contributed by atoms with Gasteiger partial charge in [-0.1, -0.05) is 20.8 Å². The van der Waals surface area contributed by atoms with E-state index in [2.05, 4.69) is 46.7 Å². The Morgan fingerprint density at radius 2 is 2.05 bits per heavy atom. The molecule has 1 aliphatic rings. The van der Waals surface area contributed by atoms with E-state index in [-0.39, 0.29) is 17.4 Å². The molecule has 0 radical (unpaired) electrons. The molecule has 1 amide bonds. The van der Waals surface area contributed by atoms with Crippen molar-refractivity contribution in [3.63, 3.8) is 0 Å². The summed E-state index contributed by atoms with van der Waals surface area (Å²) >= 11 is 0. The number of amides is 1. The predicted octanol–water partition coefficient (Wildman–Crippen LogP) is 1.90. The van der Waals surface area contributed by atoms with Crippen molar-refractivity contribution in [2.75, 3.05) is 23.7 Å². The van der Waals surface area contributed by atoms with Crippen LogP contribution >= 0.6 is 0 Å². The van der Waals surface area contributed by atoms with Gasteiger partial charge in [0, 0.05) is 24.6 Å². The number of rotatable bonds is 4. The summed E-state index contributed by atoms with van der Waals surface area (Å²) in [5, 5.41) is 9.33. The molecular weight excluding hydrogens is 266 g/mol. The lowest BCUT2D eigenvalue weighted by molar-refractivity contribution is -0.123. The maximum atomic E-state index is 11.9. The Labute approximate surface area is 126 Å². The highest BCUT2D eigenvalue weighted by Crippen LogP contribution is 2.23. The largest absolute Gasteiger partial charge is 0.370 e. The average Bonchev–Trinajstić information content (AvgIpc) is 2.41. The van der Waals surface area contributed by atoms with Crippen molar-refractivity contribution >= 4 is 17.5 Å². The average molecular weight is 291 g/mol. The van der Waals surface area contributed by atoms with Gasteiger partial charge in [-0.25, -0.2) is 9.97 Å². The maximum Gasteiger partial charge on any atom is 0.242 e. The van der Waals surface area contributed by atoms with Crippen molar-refractivity contribution in [3.8, 4) is 0 Å². The van der Waals surface area contributed by atoms with Gasteiger partial charge in [-0.05, 0) is 19.8 Å². The molecule has 1 fully saturated rings. The van der Waals surface area contributed by atoms with Gasteiger partial charge in [0.2, 0.25) is 5.91 Å². The van der Waals surface area contributed by atoms with Gasteiger partial charge in [0.1, 0.15) is 23.5 Å². The van der Waals surface area contributed by atoms with Crippen LogP contribution in [-0.4, -0.2) is 35.0 Å². The second-order valence-corrected chi connectivity index (χ2v) is 6.37. The maximum absolute atomic E-state index is 11.9. The van der Waals surface area contributed by atoms with Crippen molar-refractivity contribution in [3.05, 3.63) is 11.9 Å². The minimum Gasteiger partial charge on any atom is -0.370 e. The fraction of sp³-hybridized carbons (Fsp3) is 0.667. The third-order valence-electron chi connectivity index (χ3n) is 3.36. The third kappa shape index (κ3) is 4.06. The monoisotopic (exact) mass is 291 g/mol. The first kappa shape index (κ1) is 15.5. The highest BCUT2D eigenvalue weighted by atomic mass is 16.2. The fourth-order valence-corrected chi connectivity index (χ4v) is 2.22. The number of piperidine rings is 1. The van der Waals surface area contributed by atoms with Crippen molar-refractivity contribution in [2.45, 2.75) is 52.0 Å². The number of hydrogen-bond donors (Lipinski definition) is 3. The van der Waals surface area contributed by atoms with E-state index in [0.29, 0.717) is 5.82 Å². The van der Waals surface area contributed by atoms with Gasteiger partial charge >= 0.3 is 0 Å². The van der Waals surface area contributed by atoms with Gasteiger partial charge < -0.3 is 16.0 Å². The fourth-order valence-electron chi connectivity index (χ4n) is 2.22. The molecule has 1 saturated heterocycles. The molecule has 0 spiro atoms. The topological polar surface area (TPSA) is 78.9 Å². The Morgan fingerprint density at radius 3 is 2.67 bits per heavy atom. The van der Waals surface area contributed by atoms with Crippen LogP contribution < -0.4 is 16.0 Å². The van der Waals surface area contributed by atoms with Gasteiger partial charge in [0.05, 0.1) is 0 Å². The zero-order chi connectivity index (χ0) is 15.5. The highest BCUT2D eigenvalue weighted by molar-refractivity contribution is 5.85. The molecule has 116 valence electrons. The Bertz CT molecular complexity index is 509. The standard InChI is InChI=1S/C15H25N5O/c1-5-16-11-9-12(20-14(19-11)15(2,3)4)18-10-7-6-8-17-13(10)21/h9-10H,5-8H2,1-4H3,(H,17,21)(H2,16,18,19,20). The Balaban J connectivity index is 2.24. The lowest BCUT2D eigenvalue weighted by Crippen LogP contribution is -2.44. The number of carbonyl (C=O) groups is 1. The van der Waals surface area contributed by atoms with Gasteiger partial charge in [-0.15, -0.1) is 0 Å². The lowest BCUT2D eigenvalue weighted by Gasteiger charge is -2.25. The summed E-state index contributed by atoms with van der Waals surface area (Å²) in [7, 11) is 0. The number of nitrogens with one attached hydrogen (secondary N) is 3. The van der Waals surface area contributed by atoms with Crippen LogP contribution in [0.15, 0.2) is 6.07 Å². The minimum absolute atomic E-state index is 0.0437. The lowest BCUT2D eigenvalue weighted by atomic mass is 9.96. The summed E-state index contributed by atoms with van der Waals surface area (Å²) in [6.07, 6.45) is 1.82. The van der Waals surface area contributed by atoms with Crippen LogP contribution in [0, 0.1) is 0 Å². The molecule has 6 nitrogen and oxygen atoms in total. The van der Waals surface area contributed by atoms with Crippen molar-refractivity contribution in [1.82, 2.24) is 15.3 Å². The molecule has 1 unspecified atom stereocenters. The van der Waals surface area contributed by atoms with Crippen molar-refractivity contribution in [2.24, 2.45) is 0 Å². The quantitative estimate of drug-likeness (QED) is 0.789. The molecule has 0 aromatic carbocycles. The van der Waals surface area contributed by atoms with Gasteiger partial charge in [0.15, 0.2) is 0 Å². The molecule has 1 aliphatic heterocycles. The van der Waals surface area contributed by atoms with E-state index in [0.717, 1.165) is 37.6 Å². The molecule has 0 saturated carbocycles. The van der Waals surface area contributed by atoms with Gasteiger partial charge in [-0.2, -0.15) is 0 Å². The Hall–Kier alpha value is -1.85. The smallest absolute Gasteiger partial charge is 0.242 e. The molecule has 1 aromatic heterocycles.